The summed E-state index contributed by atoms with van der Waals surface area (Å²) in [5.74, 6) is 0.132. The maximum absolute atomic E-state index is 12.3. The van der Waals surface area contributed by atoms with Crippen LogP contribution in [-0.4, -0.2) is 11.5 Å². The standard InChI is InChI=1S/C17H18OS/c1-14(17(18)16-10-6-3-7-11-16)12-19-13-15-8-4-2-5-9-15/h2-11,14H,12-13H2,1H3/t14-/m0/s1/i14D. The van der Waals surface area contributed by atoms with E-state index in [0.29, 0.717) is 11.3 Å². The molecular weight excluding hydrogens is 252 g/mol. The van der Waals surface area contributed by atoms with Crippen LogP contribution in [0.25, 0.3) is 0 Å². The fourth-order valence-corrected chi connectivity index (χ4v) is 2.77. The maximum Gasteiger partial charge on any atom is 0.166 e. The van der Waals surface area contributed by atoms with Crippen molar-refractivity contribution in [1.82, 2.24) is 0 Å². The van der Waals surface area contributed by atoms with E-state index in [1.165, 1.54) is 5.56 Å². The molecule has 0 heterocycles. The van der Waals surface area contributed by atoms with E-state index in [2.05, 4.69) is 12.1 Å². The molecule has 0 aliphatic carbocycles. The molecule has 2 heteroatoms. The first kappa shape index (κ1) is 12.5. The Labute approximate surface area is 120 Å². The SMILES string of the molecule is [2H][C@](C)(CSCc1ccccc1)C(=O)c1ccccc1. The third-order valence-electron chi connectivity index (χ3n) is 2.85. The van der Waals surface area contributed by atoms with E-state index in [9.17, 15) is 4.79 Å². The summed E-state index contributed by atoms with van der Waals surface area (Å²) in [7, 11) is 0. The summed E-state index contributed by atoms with van der Waals surface area (Å²) in [5.41, 5.74) is 1.84. The molecule has 0 aliphatic rings. The molecule has 0 fully saturated rings. The smallest absolute Gasteiger partial charge is 0.166 e. The minimum absolute atomic E-state index is 0.112. The largest absolute Gasteiger partial charge is 0.294 e. The van der Waals surface area contributed by atoms with E-state index in [-0.39, 0.29) is 5.78 Å². The fourth-order valence-electron chi connectivity index (χ4n) is 1.80. The summed E-state index contributed by atoms with van der Waals surface area (Å²) < 4.78 is 8.27. The molecule has 1 atom stereocenters. The number of benzene rings is 2. The predicted molar refractivity (Wildman–Crippen MR) is 82.5 cm³/mol. The monoisotopic (exact) mass is 271 g/mol. The van der Waals surface area contributed by atoms with Gasteiger partial charge in [-0.25, -0.2) is 0 Å². The topological polar surface area (TPSA) is 17.1 Å². The summed E-state index contributed by atoms with van der Waals surface area (Å²) in [5, 5.41) is 0. The fraction of sp³-hybridized carbons (Fsp3) is 0.235. The summed E-state index contributed by atoms with van der Waals surface area (Å²) in [6.45, 7) is 1.69. The van der Waals surface area contributed by atoms with Crippen LogP contribution in [-0.2, 0) is 5.75 Å². The van der Waals surface area contributed by atoms with Crippen LogP contribution in [0.4, 0.5) is 0 Å². The molecule has 2 rings (SSSR count). The van der Waals surface area contributed by atoms with Gasteiger partial charge in [0, 0.05) is 24.3 Å². The van der Waals surface area contributed by atoms with Crippen LogP contribution in [0.1, 0.15) is 24.2 Å². The van der Waals surface area contributed by atoms with Crippen molar-refractivity contribution in [3.63, 3.8) is 0 Å². The highest BCUT2D eigenvalue weighted by atomic mass is 32.2. The first-order valence-electron chi connectivity index (χ1n) is 6.81. The molecule has 98 valence electrons. The molecule has 0 saturated heterocycles. The quantitative estimate of drug-likeness (QED) is 0.723. The molecule has 0 bridgehead atoms. The van der Waals surface area contributed by atoms with Crippen LogP contribution in [0.2, 0.25) is 0 Å². The number of Topliss-reactive ketones (excluding diaryl/α,β-unsaturated/α-hetero) is 1. The van der Waals surface area contributed by atoms with Crippen LogP contribution in [0.5, 0.6) is 0 Å². The van der Waals surface area contributed by atoms with Gasteiger partial charge >= 0.3 is 0 Å². The Kier molecular flexibility index (Phi) is 4.70. The van der Waals surface area contributed by atoms with E-state index in [1.807, 2.05) is 36.4 Å². The van der Waals surface area contributed by atoms with Gasteiger partial charge in [0.2, 0.25) is 0 Å². The van der Waals surface area contributed by atoms with Crippen LogP contribution in [0.3, 0.4) is 0 Å². The normalized spacial score (nSPS) is 14.5. The lowest BCUT2D eigenvalue weighted by atomic mass is 10.0. The second-order valence-electron chi connectivity index (χ2n) is 4.45. The Morgan fingerprint density at radius 2 is 1.68 bits per heavy atom. The second kappa shape index (κ2) is 7.15. The van der Waals surface area contributed by atoms with Gasteiger partial charge in [0.25, 0.3) is 0 Å². The lowest BCUT2D eigenvalue weighted by molar-refractivity contribution is 0.0942. The lowest BCUT2D eigenvalue weighted by Crippen LogP contribution is -2.13. The molecule has 0 aromatic heterocycles. The van der Waals surface area contributed by atoms with Gasteiger partial charge in [-0.3, -0.25) is 4.79 Å². The molecule has 0 aliphatic heterocycles. The molecular formula is C17H18OS. The third-order valence-corrected chi connectivity index (χ3v) is 4.03. The lowest BCUT2D eigenvalue weighted by Gasteiger charge is -2.10. The van der Waals surface area contributed by atoms with Crippen LogP contribution >= 0.6 is 11.8 Å². The summed E-state index contributed by atoms with van der Waals surface area (Å²) in [6, 6.07) is 19.2. The molecule has 0 spiro atoms. The molecule has 0 N–H and O–H groups in total. The number of hydrogen-bond acceptors (Lipinski definition) is 2. The van der Waals surface area contributed by atoms with Gasteiger partial charge in [0.15, 0.2) is 5.78 Å². The van der Waals surface area contributed by atoms with Crippen molar-refractivity contribution in [3.8, 4) is 0 Å². The molecule has 0 radical (unpaired) electrons. The van der Waals surface area contributed by atoms with Gasteiger partial charge in [-0.1, -0.05) is 67.6 Å². The molecule has 19 heavy (non-hydrogen) atoms. The van der Waals surface area contributed by atoms with Crippen LogP contribution < -0.4 is 0 Å². The Hall–Kier alpha value is -1.54. The Balaban J connectivity index is 1.92. The number of ketones is 1. The van der Waals surface area contributed by atoms with Crippen molar-refractivity contribution in [2.45, 2.75) is 12.7 Å². The first-order chi connectivity index (χ1) is 9.59. The van der Waals surface area contributed by atoms with Crippen molar-refractivity contribution < 1.29 is 6.17 Å². The number of carbonyl (C=O) groups is 1. The Morgan fingerprint density at radius 3 is 2.32 bits per heavy atom. The molecule has 1 nitrogen and oxygen atoms in total. The average molecular weight is 271 g/mol. The zero-order valence-electron chi connectivity index (χ0n) is 12.0. The van der Waals surface area contributed by atoms with Gasteiger partial charge in [0.05, 0.1) is 0 Å². The summed E-state index contributed by atoms with van der Waals surface area (Å²) in [6.07, 6.45) is 0. The van der Waals surface area contributed by atoms with Crippen molar-refractivity contribution in [2.75, 3.05) is 5.75 Å². The second-order valence-corrected chi connectivity index (χ2v) is 5.44. The highest BCUT2D eigenvalue weighted by Crippen LogP contribution is 2.18. The molecule has 0 amide bonds. The minimum atomic E-state index is -1.08. The first-order valence-corrected chi connectivity index (χ1v) is 7.46. The van der Waals surface area contributed by atoms with Crippen molar-refractivity contribution >= 4 is 17.5 Å². The third kappa shape index (κ3) is 4.25. The summed E-state index contributed by atoms with van der Waals surface area (Å²) >= 11 is 1.63. The summed E-state index contributed by atoms with van der Waals surface area (Å²) in [4.78, 5) is 12.3. The maximum atomic E-state index is 12.3. The van der Waals surface area contributed by atoms with Crippen molar-refractivity contribution in [2.24, 2.45) is 5.89 Å². The van der Waals surface area contributed by atoms with Crippen LogP contribution in [0, 0.1) is 5.89 Å². The van der Waals surface area contributed by atoms with Gasteiger partial charge < -0.3 is 0 Å². The number of thioether (sulfide) groups is 1. The van der Waals surface area contributed by atoms with E-state index in [1.54, 1.807) is 30.8 Å². The molecule has 2 aromatic rings. The van der Waals surface area contributed by atoms with E-state index in [4.69, 9.17) is 1.37 Å². The Bertz CT molecular complexity index is 552. The zero-order valence-corrected chi connectivity index (χ0v) is 11.8. The van der Waals surface area contributed by atoms with E-state index in [0.717, 1.165) is 5.75 Å². The van der Waals surface area contributed by atoms with Gasteiger partial charge in [-0.15, -0.1) is 0 Å². The molecule has 0 saturated carbocycles. The molecule has 0 unspecified atom stereocenters. The number of hydrogen-bond donors (Lipinski definition) is 0. The Morgan fingerprint density at radius 1 is 1.11 bits per heavy atom. The van der Waals surface area contributed by atoms with Gasteiger partial charge in [0.1, 0.15) is 0 Å². The minimum Gasteiger partial charge on any atom is -0.294 e. The van der Waals surface area contributed by atoms with Gasteiger partial charge in [-0.05, 0) is 5.56 Å². The van der Waals surface area contributed by atoms with E-state index < -0.39 is 5.89 Å². The number of rotatable bonds is 6. The molecule has 2 aromatic carbocycles. The zero-order chi connectivity index (χ0) is 14.4. The van der Waals surface area contributed by atoms with Crippen LogP contribution in [0.15, 0.2) is 60.7 Å². The number of carbonyl (C=O) groups excluding carboxylic acids is 1. The van der Waals surface area contributed by atoms with Gasteiger partial charge in [-0.2, -0.15) is 11.8 Å². The van der Waals surface area contributed by atoms with Crippen molar-refractivity contribution in [1.29, 1.82) is 0 Å². The van der Waals surface area contributed by atoms with Crippen molar-refractivity contribution in [3.05, 3.63) is 71.8 Å². The highest BCUT2D eigenvalue weighted by Gasteiger charge is 2.14. The highest BCUT2D eigenvalue weighted by molar-refractivity contribution is 7.98. The average Bonchev–Trinajstić information content (AvgIpc) is 2.48. The van der Waals surface area contributed by atoms with E-state index >= 15 is 0 Å². The predicted octanol–water partition coefficient (Wildman–Crippen LogP) is 4.44.